The van der Waals surface area contributed by atoms with Crippen molar-refractivity contribution in [2.45, 2.75) is 44.4 Å². The van der Waals surface area contributed by atoms with Gasteiger partial charge in [0.15, 0.2) is 0 Å². The number of carbonyl (C=O) groups excluding carboxylic acids is 2. The Balaban J connectivity index is 1.31. The van der Waals surface area contributed by atoms with Crippen LogP contribution in [0.25, 0.3) is 0 Å². The molecule has 178 valence electrons. The van der Waals surface area contributed by atoms with Crippen molar-refractivity contribution < 1.29 is 18.7 Å². The molecule has 1 fully saturated rings. The van der Waals surface area contributed by atoms with Gasteiger partial charge >= 0.3 is 6.03 Å². The van der Waals surface area contributed by atoms with E-state index in [0.29, 0.717) is 27.9 Å². The molecule has 4 rings (SSSR count). The minimum Gasteiger partial charge on any atom is -0.486 e. The Labute approximate surface area is 205 Å². The smallest absolute Gasteiger partial charge is 0.319 e. The summed E-state index contributed by atoms with van der Waals surface area (Å²) >= 11 is 7.21. The number of rotatable bonds is 7. The summed E-state index contributed by atoms with van der Waals surface area (Å²) in [6.07, 6.45) is 3.31. The number of thiazole rings is 1. The fourth-order valence-corrected chi connectivity index (χ4v) is 4.58. The molecule has 3 aromatic rings. The SMILES string of the molecule is O=C(Nc1ccccc1F)N[C@H]1CCCC[C@H]1NC(=O)c1csc(COc2ccc(Cl)cc2)n1. The second kappa shape index (κ2) is 11.3. The molecular formula is C24H24ClFN4O3S. The average Bonchev–Trinajstić information content (AvgIpc) is 3.31. The summed E-state index contributed by atoms with van der Waals surface area (Å²) in [6.45, 7) is 0.239. The third-order valence-corrected chi connectivity index (χ3v) is 6.56. The van der Waals surface area contributed by atoms with E-state index >= 15 is 0 Å². The van der Waals surface area contributed by atoms with Crippen molar-refractivity contribution >= 4 is 40.6 Å². The molecule has 10 heteroatoms. The maximum Gasteiger partial charge on any atom is 0.319 e. The van der Waals surface area contributed by atoms with Crippen molar-refractivity contribution in [2.75, 3.05) is 5.32 Å². The largest absolute Gasteiger partial charge is 0.486 e. The van der Waals surface area contributed by atoms with Gasteiger partial charge in [-0.2, -0.15) is 0 Å². The van der Waals surface area contributed by atoms with Crippen LogP contribution < -0.4 is 20.7 Å². The number of benzene rings is 2. The topological polar surface area (TPSA) is 92.4 Å². The fraction of sp³-hybridized carbons (Fsp3) is 0.292. The maximum atomic E-state index is 13.8. The van der Waals surface area contributed by atoms with Crippen LogP contribution in [0.1, 0.15) is 41.2 Å². The van der Waals surface area contributed by atoms with Gasteiger partial charge in [0.1, 0.15) is 28.9 Å². The second-order valence-corrected chi connectivity index (χ2v) is 9.30. The van der Waals surface area contributed by atoms with Crippen molar-refractivity contribution in [3.63, 3.8) is 0 Å². The van der Waals surface area contributed by atoms with Crippen molar-refractivity contribution in [1.82, 2.24) is 15.6 Å². The average molecular weight is 503 g/mol. The number of hydrogen-bond acceptors (Lipinski definition) is 5. The summed E-state index contributed by atoms with van der Waals surface area (Å²) in [7, 11) is 0. The van der Waals surface area contributed by atoms with Crippen LogP contribution in [0.5, 0.6) is 5.75 Å². The molecule has 1 aromatic heterocycles. The van der Waals surface area contributed by atoms with E-state index in [1.54, 1.807) is 41.8 Å². The molecule has 0 bridgehead atoms. The van der Waals surface area contributed by atoms with Gasteiger partial charge in [-0.15, -0.1) is 11.3 Å². The lowest BCUT2D eigenvalue weighted by Gasteiger charge is -2.32. The molecule has 1 heterocycles. The van der Waals surface area contributed by atoms with E-state index in [1.807, 2.05) is 0 Å². The standard InChI is InChI=1S/C24H24ClFN4O3S/c25-15-9-11-16(12-10-15)33-13-22-27-21(14-34-22)23(31)28-19-7-3-4-8-20(19)30-24(32)29-18-6-2-1-5-17(18)26/h1-2,5-6,9-12,14,19-20H,3-4,7-8,13H2,(H,28,31)(H2,29,30,32)/t19-,20+/m1/s1. The monoisotopic (exact) mass is 502 g/mol. The van der Waals surface area contributed by atoms with Gasteiger partial charge in [-0.1, -0.05) is 36.6 Å². The lowest BCUT2D eigenvalue weighted by Crippen LogP contribution is -2.54. The Morgan fingerprint density at radius 3 is 2.50 bits per heavy atom. The number of urea groups is 1. The fourth-order valence-electron chi connectivity index (χ4n) is 3.77. The first-order valence-corrected chi connectivity index (χ1v) is 12.2. The van der Waals surface area contributed by atoms with Crippen LogP contribution in [0.4, 0.5) is 14.9 Å². The molecule has 0 spiro atoms. The Morgan fingerprint density at radius 1 is 1.06 bits per heavy atom. The summed E-state index contributed by atoms with van der Waals surface area (Å²) in [5.41, 5.74) is 0.409. The summed E-state index contributed by atoms with van der Waals surface area (Å²) < 4.78 is 19.5. The summed E-state index contributed by atoms with van der Waals surface area (Å²) in [5, 5.41) is 11.4. The number of nitrogens with one attached hydrogen (secondary N) is 3. The zero-order valence-corrected chi connectivity index (χ0v) is 19.8. The van der Waals surface area contributed by atoms with Gasteiger partial charge in [-0.05, 0) is 49.2 Å². The van der Waals surface area contributed by atoms with Crippen LogP contribution in [-0.4, -0.2) is 29.0 Å². The van der Waals surface area contributed by atoms with Crippen LogP contribution in [0.15, 0.2) is 53.9 Å². The highest BCUT2D eigenvalue weighted by Gasteiger charge is 2.29. The van der Waals surface area contributed by atoms with Gasteiger partial charge in [0.05, 0.1) is 11.7 Å². The lowest BCUT2D eigenvalue weighted by atomic mass is 9.90. The Morgan fingerprint density at radius 2 is 1.76 bits per heavy atom. The van der Waals surface area contributed by atoms with Crippen molar-refractivity contribution in [3.8, 4) is 5.75 Å². The van der Waals surface area contributed by atoms with E-state index in [1.165, 1.54) is 23.5 Å². The van der Waals surface area contributed by atoms with Crippen molar-refractivity contribution in [1.29, 1.82) is 0 Å². The van der Waals surface area contributed by atoms with Gasteiger partial charge < -0.3 is 20.7 Å². The number of ether oxygens (including phenoxy) is 1. The maximum absolute atomic E-state index is 13.8. The van der Waals surface area contributed by atoms with Crippen LogP contribution in [0.2, 0.25) is 5.02 Å². The molecule has 2 aromatic carbocycles. The molecule has 0 aliphatic heterocycles. The van der Waals surface area contributed by atoms with E-state index < -0.39 is 11.8 Å². The van der Waals surface area contributed by atoms with E-state index in [-0.39, 0.29) is 30.3 Å². The van der Waals surface area contributed by atoms with Crippen LogP contribution >= 0.6 is 22.9 Å². The van der Waals surface area contributed by atoms with Gasteiger partial charge in [-0.25, -0.2) is 14.2 Å². The van der Waals surface area contributed by atoms with Gasteiger partial charge in [0.2, 0.25) is 0 Å². The molecular weight excluding hydrogens is 479 g/mol. The van der Waals surface area contributed by atoms with E-state index in [0.717, 1.165) is 19.3 Å². The number of halogens is 2. The number of anilines is 1. The van der Waals surface area contributed by atoms with E-state index in [9.17, 15) is 14.0 Å². The summed E-state index contributed by atoms with van der Waals surface area (Å²) in [6, 6.07) is 12.0. The van der Waals surface area contributed by atoms with E-state index in [4.69, 9.17) is 16.3 Å². The van der Waals surface area contributed by atoms with Crippen LogP contribution in [-0.2, 0) is 6.61 Å². The minimum absolute atomic E-state index is 0.104. The van der Waals surface area contributed by atoms with Gasteiger partial charge in [0, 0.05) is 16.4 Å². The van der Waals surface area contributed by atoms with Gasteiger partial charge in [0.25, 0.3) is 5.91 Å². The van der Waals surface area contributed by atoms with Crippen LogP contribution in [0.3, 0.4) is 0 Å². The normalized spacial score (nSPS) is 17.6. The lowest BCUT2D eigenvalue weighted by molar-refractivity contribution is 0.0911. The first kappa shape index (κ1) is 24.0. The molecule has 34 heavy (non-hydrogen) atoms. The quantitative estimate of drug-likeness (QED) is 0.404. The molecule has 3 N–H and O–H groups in total. The Kier molecular flexibility index (Phi) is 7.97. The minimum atomic E-state index is -0.509. The predicted octanol–water partition coefficient (Wildman–Crippen LogP) is 5.38. The Hall–Kier alpha value is -3.17. The molecule has 7 nitrogen and oxygen atoms in total. The number of carbonyl (C=O) groups is 2. The third kappa shape index (κ3) is 6.45. The number of hydrogen-bond donors (Lipinski definition) is 3. The van der Waals surface area contributed by atoms with E-state index in [2.05, 4.69) is 20.9 Å². The number of nitrogens with zero attached hydrogens (tertiary/aromatic N) is 1. The summed E-state index contributed by atoms with van der Waals surface area (Å²) in [4.78, 5) is 29.6. The van der Waals surface area contributed by atoms with Gasteiger partial charge in [-0.3, -0.25) is 4.79 Å². The second-order valence-electron chi connectivity index (χ2n) is 7.92. The third-order valence-electron chi connectivity index (χ3n) is 5.48. The predicted molar refractivity (Wildman–Crippen MR) is 130 cm³/mol. The highest BCUT2D eigenvalue weighted by molar-refractivity contribution is 7.09. The molecule has 2 atom stereocenters. The molecule has 0 unspecified atom stereocenters. The molecule has 0 saturated heterocycles. The number of amides is 3. The van der Waals surface area contributed by atoms with Crippen LogP contribution in [0, 0.1) is 5.82 Å². The number of aromatic nitrogens is 1. The van der Waals surface area contributed by atoms with Crippen molar-refractivity contribution in [2.24, 2.45) is 0 Å². The summed E-state index contributed by atoms with van der Waals surface area (Å²) in [5.74, 6) is -0.150. The molecule has 1 saturated carbocycles. The first-order chi connectivity index (χ1) is 16.5. The first-order valence-electron chi connectivity index (χ1n) is 10.9. The molecule has 1 aliphatic carbocycles. The van der Waals surface area contributed by atoms with Crippen molar-refractivity contribution in [3.05, 3.63) is 75.5 Å². The highest BCUT2D eigenvalue weighted by atomic mass is 35.5. The molecule has 1 aliphatic rings. The zero-order chi connectivity index (χ0) is 23.9. The molecule has 0 radical (unpaired) electrons. The highest BCUT2D eigenvalue weighted by Crippen LogP contribution is 2.21. The zero-order valence-electron chi connectivity index (χ0n) is 18.2. The number of para-hydroxylation sites is 1. The molecule has 3 amide bonds. The Bertz CT molecular complexity index is 1140.